The van der Waals surface area contributed by atoms with Crippen molar-refractivity contribution in [3.63, 3.8) is 0 Å². The molecule has 0 saturated heterocycles. The van der Waals surface area contributed by atoms with E-state index in [1.54, 1.807) is 19.2 Å². The van der Waals surface area contributed by atoms with Crippen molar-refractivity contribution in [3.8, 4) is 0 Å². The summed E-state index contributed by atoms with van der Waals surface area (Å²) in [5.41, 5.74) is 6.38. The molecule has 0 bridgehead atoms. The zero-order valence-electron chi connectivity index (χ0n) is 9.35. The molecule has 94 valence electrons. The second-order valence-electron chi connectivity index (χ2n) is 3.58. The third kappa shape index (κ3) is 3.95. The van der Waals surface area contributed by atoms with Gasteiger partial charge in [0, 0.05) is 12.7 Å². The first-order valence-electron chi connectivity index (χ1n) is 4.93. The lowest BCUT2D eigenvalue weighted by Gasteiger charge is -2.17. The number of amidine groups is 1. The lowest BCUT2D eigenvalue weighted by Crippen LogP contribution is -2.26. The van der Waals surface area contributed by atoms with Crippen molar-refractivity contribution in [1.82, 2.24) is 9.88 Å². The average molecular weight is 244 g/mol. The standard InChI is InChI=1S/C10H14F2N4O/c1-16(6-8(11)12)5-7-3-2-4-14-9(7)10(13)15-17/h2-4,8,17H,5-6H2,1H3,(H2,13,15). The van der Waals surface area contributed by atoms with Crippen LogP contribution in [0.2, 0.25) is 0 Å². The highest BCUT2D eigenvalue weighted by molar-refractivity contribution is 5.96. The Labute approximate surface area is 97.6 Å². The predicted octanol–water partition coefficient (Wildman–Crippen LogP) is 0.873. The summed E-state index contributed by atoms with van der Waals surface area (Å²) in [4.78, 5) is 5.39. The van der Waals surface area contributed by atoms with Gasteiger partial charge in [-0.25, -0.2) is 8.78 Å². The maximum atomic E-state index is 12.2. The molecule has 0 radical (unpaired) electrons. The van der Waals surface area contributed by atoms with E-state index in [1.165, 1.54) is 11.1 Å². The van der Waals surface area contributed by atoms with E-state index >= 15 is 0 Å². The van der Waals surface area contributed by atoms with Crippen LogP contribution in [-0.4, -0.2) is 40.9 Å². The molecule has 0 aliphatic carbocycles. The van der Waals surface area contributed by atoms with Gasteiger partial charge < -0.3 is 10.9 Å². The van der Waals surface area contributed by atoms with Crippen LogP contribution in [0.4, 0.5) is 8.78 Å². The van der Waals surface area contributed by atoms with E-state index in [0.717, 1.165) is 0 Å². The SMILES string of the molecule is CN(Cc1cccnc1/C(N)=N/O)CC(F)F. The van der Waals surface area contributed by atoms with E-state index in [4.69, 9.17) is 10.9 Å². The van der Waals surface area contributed by atoms with Crippen LogP contribution in [0.15, 0.2) is 23.5 Å². The van der Waals surface area contributed by atoms with Crippen molar-refractivity contribution < 1.29 is 14.0 Å². The number of oxime groups is 1. The normalized spacial score (nSPS) is 12.4. The first-order valence-corrected chi connectivity index (χ1v) is 4.93. The zero-order chi connectivity index (χ0) is 12.8. The van der Waals surface area contributed by atoms with Crippen molar-refractivity contribution in [2.24, 2.45) is 10.9 Å². The molecule has 3 N–H and O–H groups in total. The number of hydrogen-bond acceptors (Lipinski definition) is 4. The Morgan fingerprint density at radius 2 is 2.35 bits per heavy atom. The van der Waals surface area contributed by atoms with Crippen molar-refractivity contribution in [2.75, 3.05) is 13.6 Å². The van der Waals surface area contributed by atoms with E-state index < -0.39 is 6.43 Å². The first-order chi connectivity index (χ1) is 8.04. The number of nitrogens with zero attached hydrogens (tertiary/aromatic N) is 3. The van der Waals surface area contributed by atoms with Crippen LogP contribution in [0.1, 0.15) is 11.3 Å². The van der Waals surface area contributed by atoms with Crippen LogP contribution in [0.5, 0.6) is 0 Å². The second kappa shape index (κ2) is 6.09. The lowest BCUT2D eigenvalue weighted by molar-refractivity contribution is 0.0975. The number of alkyl halides is 2. The number of hydrogen-bond donors (Lipinski definition) is 2. The van der Waals surface area contributed by atoms with Crippen LogP contribution in [0.25, 0.3) is 0 Å². The maximum Gasteiger partial charge on any atom is 0.251 e. The predicted molar refractivity (Wildman–Crippen MR) is 59.1 cm³/mol. The highest BCUT2D eigenvalue weighted by Crippen LogP contribution is 2.09. The molecular weight excluding hydrogens is 230 g/mol. The monoisotopic (exact) mass is 244 g/mol. The Morgan fingerprint density at radius 3 is 2.94 bits per heavy atom. The molecule has 17 heavy (non-hydrogen) atoms. The van der Waals surface area contributed by atoms with Gasteiger partial charge in [0.05, 0.1) is 6.54 Å². The van der Waals surface area contributed by atoms with E-state index in [0.29, 0.717) is 11.3 Å². The van der Waals surface area contributed by atoms with Crippen LogP contribution in [-0.2, 0) is 6.54 Å². The van der Waals surface area contributed by atoms with Gasteiger partial charge in [-0.3, -0.25) is 9.88 Å². The number of halogens is 2. The van der Waals surface area contributed by atoms with Crippen LogP contribution in [0.3, 0.4) is 0 Å². The highest BCUT2D eigenvalue weighted by atomic mass is 19.3. The molecule has 5 nitrogen and oxygen atoms in total. The molecule has 1 rings (SSSR count). The maximum absolute atomic E-state index is 12.2. The zero-order valence-corrected chi connectivity index (χ0v) is 9.35. The molecule has 0 amide bonds. The van der Waals surface area contributed by atoms with E-state index in [-0.39, 0.29) is 18.9 Å². The Kier molecular flexibility index (Phi) is 4.77. The van der Waals surface area contributed by atoms with Gasteiger partial charge in [-0.2, -0.15) is 0 Å². The van der Waals surface area contributed by atoms with E-state index in [2.05, 4.69) is 10.1 Å². The van der Waals surface area contributed by atoms with E-state index in [1.807, 2.05) is 0 Å². The van der Waals surface area contributed by atoms with Gasteiger partial charge in [0.2, 0.25) is 0 Å². The fraction of sp³-hybridized carbons (Fsp3) is 0.400. The van der Waals surface area contributed by atoms with Crippen LogP contribution < -0.4 is 5.73 Å². The number of aromatic nitrogens is 1. The van der Waals surface area contributed by atoms with Crippen LogP contribution >= 0.6 is 0 Å². The number of pyridine rings is 1. The van der Waals surface area contributed by atoms with Crippen molar-refractivity contribution >= 4 is 5.84 Å². The quantitative estimate of drug-likeness (QED) is 0.349. The molecule has 0 fully saturated rings. The first kappa shape index (κ1) is 13.3. The average Bonchev–Trinajstić information content (AvgIpc) is 2.27. The lowest BCUT2D eigenvalue weighted by atomic mass is 10.1. The fourth-order valence-electron chi connectivity index (χ4n) is 1.44. The summed E-state index contributed by atoms with van der Waals surface area (Å²) in [7, 11) is 1.56. The second-order valence-corrected chi connectivity index (χ2v) is 3.58. The molecule has 1 heterocycles. The molecule has 0 saturated carbocycles. The van der Waals surface area contributed by atoms with Gasteiger partial charge in [-0.1, -0.05) is 11.2 Å². The van der Waals surface area contributed by atoms with Crippen molar-refractivity contribution in [3.05, 3.63) is 29.6 Å². The smallest absolute Gasteiger partial charge is 0.251 e. The molecule has 0 aliphatic rings. The summed E-state index contributed by atoms with van der Waals surface area (Å²) < 4.78 is 24.3. The summed E-state index contributed by atoms with van der Waals surface area (Å²) in [5, 5.41) is 11.4. The molecule has 0 aromatic carbocycles. The van der Waals surface area contributed by atoms with Gasteiger partial charge in [-0.05, 0) is 18.7 Å². The minimum atomic E-state index is -2.40. The molecule has 0 unspecified atom stereocenters. The fourth-order valence-corrected chi connectivity index (χ4v) is 1.44. The minimum absolute atomic E-state index is 0.133. The molecule has 0 aliphatic heterocycles. The molecule has 0 spiro atoms. The third-order valence-corrected chi connectivity index (χ3v) is 2.13. The third-order valence-electron chi connectivity index (χ3n) is 2.13. The Bertz CT molecular complexity index is 398. The molecular formula is C10H14F2N4O. The molecule has 0 atom stereocenters. The summed E-state index contributed by atoms with van der Waals surface area (Å²) in [5.74, 6) is -0.133. The molecule has 7 heteroatoms. The Balaban J connectivity index is 2.84. The van der Waals surface area contributed by atoms with Gasteiger partial charge in [0.1, 0.15) is 5.69 Å². The number of rotatable bonds is 5. The van der Waals surface area contributed by atoms with Gasteiger partial charge >= 0.3 is 0 Å². The Hall–Kier alpha value is -1.76. The molecule has 1 aromatic heterocycles. The van der Waals surface area contributed by atoms with Gasteiger partial charge in [0.15, 0.2) is 5.84 Å². The van der Waals surface area contributed by atoms with Crippen molar-refractivity contribution in [2.45, 2.75) is 13.0 Å². The van der Waals surface area contributed by atoms with Crippen LogP contribution in [0, 0.1) is 0 Å². The van der Waals surface area contributed by atoms with E-state index in [9.17, 15) is 8.78 Å². The molecule has 1 aromatic rings. The topological polar surface area (TPSA) is 74.7 Å². The summed E-state index contributed by atoms with van der Waals surface area (Å²) in [6, 6.07) is 3.36. The largest absolute Gasteiger partial charge is 0.409 e. The summed E-state index contributed by atoms with van der Waals surface area (Å²) in [6.07, 6.45) is -0.909. The minimum Gasteiger partial charge on any atom is -0.409 e. The van der Waals surface area contributed by atoms with Gasteiger partial charge in [0.25, 0.3) is 6.43 Å². The van der Waals surface area contributed by atoms with Gasteiger partial charge in [-0.15, -0.1) is 0 Å². The Morgan fingerprint density at radius 1 is 1.65 bits per heavy atom. The summed E-state index contributed by atoms with van der Waals surface area (Å²) >= 11 is 0. The van der Waals surface area contributed by atoms with Crippen molar-refractivity contribution in [1.29, 1.82) is 0 Å². The highest BCUT2D eigenvalue weighted by Gasteiger charge is 2.12. The number of nitrogens with two attached hydrogens (primary N) is 1. The summed E-state index contributed by atoms with van der Waals surface area (Å²) in [6.45, 7) is -0.0890.